The molecule has 0 bridgehead atoms. The summed E-state index contributed by atoms with van der Waals surface area (Å²) in [4.78, 5) is 35.3. The molecule has 1 atom stereocenters. The molecular weight excluding hydrogens is 633 g/mol. The van der Waals surface area contributed by atoms with Gasteiger partial charge in [0.1, 0.15) is 29.9 Å². The van der Waals surface area contributed by atoms with Gasteiger partial charge in [-0.15, -0.1) is 0 Å². The highest BCUT2D eigenvalue weighted by molar-refractivity contribution is 7.07. The average molecular weight is 667 g/mol. The van der Waals surface area contributed by atoms with Gasteiger partial charge in [-0.05, 0) is 63.2 Å². The van der Waals surface area contributed by atoms with Gasteiger partial charge in [0.05, 0.1) is 30.0 Å². The predicted molar refractivity (Wildman–Crippen MR) is 178 cm³/mol. The largest absolute Gasteiger partial charge is 0.497 e. The molecule has 0 saturated carbocycles. The van der Waals surface area contributed by atoms with Gasteiger partial charge in [0.25, 0.3) is 11.5 Å². The minimum atomic E-state index is -0.792. The molecule has 5 rings (SSSR count). The van der Waals surface area contributed by atoms with Gasteiger partial charge in [0, 0.05) is 39.8 Å². The highest BCUT2D eigenvalue weighted by Crippen LogP contribution is 2.38. The van der Waals surface area contributed by atoms with E-state index in [4.69, 9.17) is 42.4 Å². The lowest BCUT2D eigenvalue weighted by atomic mass is 9.93. The van der Waals surface area contributed by atoms with Crippen molar-refractivity contribution in [2.45, 2.75) is 33.4 Å². The first kappa shape index (κ1) is 32.3. The fourth-order valence-corrected chi connectivity index (χ4v) is 6.79. The molecule has 0 saturated heterocycles. The molecule has 0 spiro atoms. The average Bonchev–Trinajstić information content (AvgIpc) is 3.34. The fourth-order valence-electron chi connectivity index (χ4n) is 5.29. The molecule has 1 aliphatic rings. The molecule has 0 radical (unpaired) electrons. The second kappa shape index (κ2) is 13.9. The molecule has 0 unspecified atom stereocenters. The Morgan fingerprint density at radius 1 is 1.02 bits per heavy atom. The zero-order chi connectivity index (χ0) is 32.2. The summed E-state index contributed by atoms with van der Waals surface area (Å²) in [7, 11) is 3.13. The third kappa shape index (κ3) is 6.52. The van der Waals surface area contributed by atoms with Gasteiger partial charge in [-0.25, -0.2) is 4.99 Å². The molecule has 11 heteroatoms. The van der Waals surface area contributed by atoms with Crippen LogP contribution in [-0.2, 0) is 11.4 Å². The molecule has 45 heavy (non-hydrogen) atoms. The van der Waals surface area contributed by atoms with E-state index >= 15 is 0 Å². The smallest absolute Gasteiger partial charge is 0.271 e. The number of thiazole rings is 1. The third-order valence-corrected chi connectivity index (χ3v) is 9.21. The molecule has 8 nitrogen and oxygen atoms in total. The van der Waals surface area contributed by atoms with Crippen LogP contribution in [0.5, 0.6) is 17.2 Å². The normalized spacial score (nSPS) is 14.6. The molecule has 4 aromatic rings. The Labute approximate surface area is 275 Å². The molecule has 0 fully saturated rings. The van der Waals surface area contributed by atoms with Crippen molar-refractivity contribution in [1.29, 1.82) is 0 Å². The van der Waals surface area contributed by atoms with Crippen LogP contribution >= 0.6 is 34.5 Å². The van der Waals surface area contributed by atoms with Crippen molar-refractivity contribution in [3.63, 3.8) is 0 Å². The number of carbonyl (C=O) groups excluding carboxylic acids is 1. The maximum atomic E-state index is 14.3. The second-order valence-corrected chi connectivity index (χ2v) is 12.1. The fraction of sp³-hybridized carbons (Fsp3) is 0.265. The summed E-state index contributed by atoms with van der Waals surface area (Å²) in [5.41, 5.74) is 2.77. The molecule has 1 aromatic heterocycles. The van der Waals surface area contributed by atoms with E-state index in [0.29, 0.717) is 72.1 Å². The molecule has 1 amide bonds. The van der Waals surface area contributed by atoms with E-state index in [0.717, 1.165) is 5.56 Å². The monoisotopic (exact) mass is 665 g/mol. The quantitative estimate of drug-likeness (QED) is 0.207. The van der Waals surface area contributed by atoms with E-state index in [1.807, 2.05) is 44.2 Å². The molecule has 0 N–H and O–H groups in total. The first-order valence-corrected chi connectivity index (χ1v) is 16.0. The first-order valence-electron chi connectivity index (χ1n) is 14.4. The van der Waals surface area contributed by atoms with E-state index < -0.39 is 6.04 Å². The first-order chi connectivity index (χ1) is 21.7. The molecule has 3 aromatic carbocycles. The number of hydrogen-bond acceptors (Lipinski definition) is 7. The van der Waals surface area contributed by atoms with Crippen molar-refractivity contribution in [2.75, 3.05) is 27.3 Å². The van der Waals surface area contributed by atoms with Gasteiger partial charge in [0.15, 0.2) is 4.80 Å². The summed E-state index contributed by atoms with van der Waals surface area (Å²) in [6, 6.07) is 17.3. The predicted octanol–water partition coefficient (Wildman–Crippen LogP) is 6.01. The van der Waals surface area contributed by atoms with E-state index in [9.17, 15) is 9.59 Å². The molecule has 1 aliphatic heterocycles. The minimum Gasteiger partial charge on any atom is -0.497 e. The van der Waals surface area contributed by atoms with Crippen LogP contribution in [0.4, 0.5) is 0 Å². The van der Waals surface area contributed by atoms with Crippen LogP contribution in [0.3, 0.4) is 0 Å². The second-order valence-electron chi connectivity index (χ2n) is 10.2. The highest BCUT2D eigenvalue weighted by Gasteiger charge is 2.36. The zero-order valence-corrected chi connectivity index (χ0v) is 27.9. The van der Waals surface area contributed by atoms with Crippen molar-refractivity contribution < 1.29 is 19.0 Å². The number of methoxy groups -OCH3 is 2. The Bertz CT molecular complexity index is 1960. The number of hydrogen-bond donors (Lipinski definition) is 0. The number of carbonyl (C=O) groups is 1. The van der Waals surface area contributed by atoms with E-state index in [2.05, 4.69) is 0 Å². The molecule has 2 heterocycles. The van der Waals surface area contributed by atoms with Gasteiger partial charge < -0.3 is 19.1 Å². The van der Waals surface area contributed by atoms with Crippen molar-refractivity contribution in [3.05, 3.63) is 118 Å². The van der Waals surface area contributed by atoms with Gasteiger partial charge in [-0.1, -0.05) is 58.8 Å². The number of nitrogens with zero attached hydrogens (tertiary/aromatic N) is 3. The number of allylic oxidation sites excluding steroid dienone is 1. The number of para-hydroxylation sites is 1. The summed E-state index contributed by atoms with van der Waals surface area (Å²) in [6.45, 7) is 6.89. The number of aromatic nitrogens is 1. The van der Waals surface area contributed by atoms with Crippen LogP contribution in [0.25, 0.3) is 6.08 Å². The van der Waals surface area contributed by atoms with Crippen LogP contribution < -0.4 is 29.1 Å². The molecule has 0 aliphatic carbocycles. The van der Waals surface area contributed by atoms with Crippen LogP contribution in [0.1, 0.15) is 43.5 Å². The van der Waals surface area contributed by atoms with Gasteiger partial charge >= 0.3 is 0 Å². The van der Waals surface area contributed by atoms with E-state index in [-0.39, 0.29) is 18.1 Å². The highest BCUT2D eigenvalue weighted by atomic mass is 35.5. The van der Waals surface area contributed by atoms with E-state index in [1.54, 1.807) is 67.0 Å². The Kier molecular flexibility index (Phi) is 10.0. The number of benzene rings is 3. The molecule has 234 valence electrons. The summed E-state index contributed by atoms with van der Waals surface area (Å²) in [5, 5.41) is 1.05. The Balaban J connectivity index is 1.66. The van der Waals surface area contributed by atoms with Crippen LogP contribution in [0.15, 0.2) is 81.7 Å². The summed E-state index contributed by atoms with van der Waals surface area (Å²) in [5.74, 6) is 1.48. The summed E-state index contributed by atoms with van der Waals surface area (Å²) < 4.78 is 19.4. The number of halogens is 2. The van der Waals surface area contributed by atoms with Gasteiger partial charge in [-0.2, -0.15) is 0 Å². The lowest BCUT2D eigenvalue weighted by molar-refractivity contribution is -0.127. The summed E-state index contributed by atoms with van der Waals surface area (Å²) >= 11 is 13.7. The van der Waals surface area contributed by atoms with Crippen molar-refractivity contribution in [2.24, 2.45) is 4.99 Å². The third-order valence-electron chi connectivity index (χ3n) is 7.64. The Morgan fingerprint density at radius 3 is 2.47 bits per heavy atom. The van der Waals surface area contributed by atoms with Crippen molar-refractivity contribution in [1.82, 2.24) is 9.47 Å². The minimum absolute atomic E-state index is 0.190. The topological polar surface area (TPSA) is 82.4 Å². The van der Waals surface area contributed by atoms with Crippen molar-refractivity contribution in [3.8, 4) is 17.2 Å². The number of rotatable bonds is 10. The molecular formula is C34H33Cl2N3O5S. The zero-order valence-electron chi connectivity index (χ0n) is 25.6. The SMILES string of the molecule is CCN(CC)C(=O)C1=C(C)N=c2s/c(=C/c3ccccc3OCc3ccc(Cl)cc3Cl)c(=O)n2[C@@H]1c1cc(OC)ccc1OC. The maximum absolute atomic E-state index is 14.3. The lowest BCUT2D eigenvalue weighted by Gasteiger charge is -2.30. The lowest BCUT2D eigenvalue weighted by Crippen LogP contribution is -2.43. The van der Waals surface area contributed by atoms with Crippen LogP contribution in [0, 0.1) is 0 Å². The standard InChI is InChI=1S/C34H33Cl2N3O5S/c1-6-38(7-2)33(41)30-20(3)37-34-39(31(30)25-18-24(42-4)14-15-28(25)43-5)32(40)29(45-34)16-21-10-8-9-11-27(21)44-19-22-12-13-23(35)17-26(22)36/h8-18,31H,6-7,19H2,1-5H3/b29-16+/t31-/m1/s1. The summed E-state index contributed by atoms with van der Waals surface area (Å²) in [6.07, 6.45) is 1.79. The number of ether oxygens (including phenoxy) is 3. The Hall–Kier alpha value is -4.05. The Morgan fingerprint density at radius 2 is 1.78 bits per heavy atom. The van der Waals surface area contributed by atoms with Gasteiger partial charge in [-0.3, -0.25) is 14.2 Å². The van der Waals surface area contributed by atoms with Gasteiger partial charge in [0.2, 0.25) is 0 Å². The number of fused-ring (bicyclic) bond motifs is 1. The van der Waals surface area contributed by atoms with Crippen LogP contribution in [-0.4, -0.2) is 42.7 Å². The van der Waals surface area contributed by atoms with Crippen LogP contribution in [0.2, 0.25) is 10.0 Å². The maximum Gasteiger partial charge on any atom is 0.271 e. The van der Waals surface area contributed by atoms with Crippen molar-refractivity contribution >= 4 is 46.5 Å². The number of likely N-dealkylation sites (N-methyl/N-ethyl adjacent to an activating group) is 1. The van der Waals surface area contributed by atoms with E-state index in [1.165, 1.54) is 11.3 Å². The number of amides is 1.